The van der Waals surface area contributed by atoms with E-state index in [-0.39, 0.29) is 19.0 Å². The first-order chi connectivity index (χ1) is 3.29. The minimum Gasteiger partial charge on any atom is -0.429 e. The summed E-state index contributed by atoms with van der Waals surface area (Å²) in [6.07, 6.45) is -0.681. The Hall–Kier alpha value is -0.150. The lowest BCUT2D eigenvalue weighted by Gasteiger charge is -1.87. The van der Waals surface area contributed by atoms with Gasteiger partial charge >= 0.3 is 6.16 Å². The molecule has 5 heteroatoms. The number of hydrogen-bond donors (Lipinski definition) is 0. The minimum absolute atomic E-state index is 0. The van der Waals surface area contributed by atoms with Crippen molar-refractivity contribution in [2.45, 2.75) is 5.56 Å². The fraction of sp³-hybridized carbons (Fsp3) is 0.667. The minimum atomic E-state index is -0.681. The molecule has 1 aliphatic rings. The third-order valence-electron chi connectivity index (χ3n) is 0.556. The van der Waals surface area contributed by atoms with Crippen LogP contribution in [0.15, 0.2) is 0 Å². The summed E-state index contributed by atoms with van der Waals surface area (Å²) in [6, 6.07) is 0. The summed E-state index contributed by atoms with van der Waals surface area (Å²) in [5, 5.41) is 0. The van der Waals surface area contributed by atoms with Gasteiger partial charge in [0.05, 0.1) is 0 Å². The van der Waals surface area contributed by atoms with Gasteiger partial charge in [0.1, 0.15) is 6.61 Å². The number of cyclic esters (lactones) is 2. The summed E-state index contributed by atoms with van der Waals surface area (Å²) in [6.45, 7) is 0.167. The monoisotopic (exact) mass is 158 g/mol. The molecule has 1 heterocycles. The largest absolute Gasteiger partial charge is 0.510 e. The molecule has 0 saturated carbocycles. The van der Waals surface area contributed by atoms with Crippen molar-refractivity contribution in [1.82, 2.24) is 0 Å². The van der Waals surface area contributed by atoms with E-state index < -0.39 is 11.7 Å². The highest BCUT2D eigenvalue weighted by molar-refractivity contribution is 6.20. The molecule has 1 atom stereocenters. The van der Waals surface area contributed by atoms with Crippen LogP contribution in [0.25, 0.3) is 0 Å². The molecule has 1 fully saturated rings. The van der Waals surface area contributed by atoms with E-state index in [0.717, 1.165) is 0 Å². The second-order valence-electron chi connectivity index (χ2n) is 1.09. The molecule has 48 valence electrons. The van der Waals surface area contributed by atoms with E-state index in [2.05, 4.69) is 9.47 Å². The van der Waals surface area contributed by atoms with Crippen LogP contribution in [0.1, 0.15) is 0 Å². The first-order valence-corrected chi connectivity index (χ1v) is 2.20. The molecule has 1 unspecified atom stereocenters. The van der Waals surface area contributed by atoms with Gasteiger partial charge in [0.25, 0.3) is 0 Å². The van der Waals surface area contributed by atoms with Crippen LogP contribution in [0.4, 0.5) is 4.79 Å². The molecule has 0 aromatic carbocycles. The molecule has 0 aliphatic carbocycles. The standard InChI is InChI=1S/C3H3ClO3.ClH/c4-2-1-6-3(5)7-2;/h2H,1H2;1H. The van der Waals surface area contributed by atoms with Crippen LogP contribution < -0.4 is 0 Å². The average Bonchev–Trinajstić information content (AvgIpc) is 1.87. The molecule has 0 aromatic heterocycles. The van der Waals surface area contributed by atoms with Crippen molar-refractivity contribution >= 4 is 30.2 Å². The van der Waals surface area contributed by atoms with Gasteiger partial charge in [0, 0.05) is 0 Å². The van der Waals surface area contributed by atoms with E-state index in [1.165, 1.54) is 0 Å². The lowest BCUT2D eigenvalue weighted by Crippen LogP contribution is -1.97. The van der Waals surface area contributed by atoms with Crippen LogP contribution in [-0.2, 0) is 9.47 Å². The second-order valence-corrected chi connectivity index (χ2v) is 1.58. The van der Waals surface area contributed by atoms with Crippen molar-refractivity contribution in [1.29, 1.82) is 0 Å². The first-order valence-electron chi connectivity index (χ1n) is 1.76. The van der Waals surface area contributed by atoms with Gasteiger partial charge in [-0.05, 0) is 0 Å². The molecular weight excluding hydrogens is 155 g/mol. The maximum Gasteiger partial charge on any atom is 0.510 e. The van der Waals surface area contributed by atoms with Gasteiger partial charge in [0.2, 0.25) is 5.56 Å². The smallest absolute Gasteiger partial charge is 0.429 e. The number of rotatable bonds is 0. The van der Waals surface area contributed by atoms with Crippen LogP contribution >= 0.6 is 24.0 Å². The van der Waals surface area contributed by atoms with Gasteiger partial charge in [-0.1, -0.05) is 11.6 Å². The maximum absolute atomic E-state index is 9.92. The highest BCUT2D eigenvalue weighted by Gasteiger charge is 2.21. The average molecular weight is 159 g/mol. The van der Waals surface area contributed by atoms with Crippen LogP contribution in [0, 0.1) is 0 Å². The van der Waals surface area contributed by atoms with Gasteiger partial charge in [-0.15, -0.1) is 12.4 Å². The van der Waals surface area contributed by atoms with Crippen LogP contribution in [0.2, 0.25) is 0 Å². The molecule has 3 nitrogen and oxygen atoms in total. The van der Waals surface area contributed by atoms with E-state index in [4.69, 9.17) is 11.6 Å². The lowest BCUT2D eigenvalue weighted by atomic mass is 10.8. The van der Waals surface area contributed by atoms with Crippen molar-refractivity contribution in [2.75, 3.05) is 6.61 Å². The molecule has 0 bridgehead atoms. The number of ether oxygens (including phenoxy) is 2. The van der Waals surface area contributed by atoms with E-state index in [1.54, 1.807) is 0 Å². The molecule has 0 spiro atoms. The molecule has 1 aliphatic heterocycles. The summed E-state index contributed by atoms with van der Waals surface area (Å²) < 4.78 is 8.54. The van der Waals surface area contributed by atoms with E-state index in [1.807, 2.05) is 0 Å². The predicted molar refractivity (Wildman–Crippen MR) is 29.3 cm³/mol. The Morgan fingerprint density at radius 1 is 1.75 bits per heavy atom. The van der Waals surface area contributed by atoms with Crippen LogP contribution in [0.5, 0.6) is 0 Å². The molecule has 0 amide bonds. The van der Waals surface area contributed by atoms with Crippen molar-refractivity contribution < 1.29 is 14.3 Å². The van der Waals surface area contributed by atoms with E-state index in [0.29, 0.717) is 0 Å². The van der Waals surface area contributed by atoms with Crippen LogP contribution in [-0.4, -0.2) is 18.3 Å². The normalized spacial score (nSPS) is 25.6. The maximum atomic E-state index is 9.92. The van der Waals surface area contributed by atoms with Gasteiger partial charge in [0.15, 0.2) is 0 Å². The zero-order valence-electron chi connectivity index (χ0n) is 3.80. The Balaban J connectivity index is 0.000000490. The lowest BCUT2D eigenvalue weighted by molar-refractivity contribution is 0.128. The molecule has 1 rings (SSSR count). The molecule has 0 N–H and O–H groups in total. The van der Waals surface area contributed by atoms with Gasteiger partial charge in [-0.2, -0.15) is 0 Å². The van der Waals surface area contributed by atoms with Gasteiger partial charge in [-0.25, -0.2) is 4.79 Å². The Bertz CT molecular complexity index is 94.5. The summed E-state index contributed by atoms with van der Waals surface area (Å²) >= 11 is 5.24. The Labute approximate surface area is 57.3 Å². The quantitative estimate of drug-likeness (QED) is 0.392. The summed E-state index contributed by atoms with van der Waals surface area (Å²) in [5.74, 6) is 0. The third kappa shape index (κ3) is 1.76. The summed E-state index contributed by atoms with van der Waals surface area (Å²) in [7, 11) is 0. The zero-order valence-corrected chi connectivity index (χ0v) is 5.37. The Morgan fingerprint density at radius 2 is 2.38 bits per heavy atom. The number of carbonyl (C=O) groups is 1. The summed E-state index contributed by atoms with van der Waals surface area (Å²) in [4.78, 5) is 9.92. The van der Waals surface area contributed by atoms with Crippen molar-refractivity contribution in [3.8, 4) is 0 Å². The highest BCUT2D eigenvalue weighted by atomic mass is 35.5. The molecule has 8 heavy (non-hydrogen) atoms. The molecule has 1 saturated heterocycles. The fourth-order valence-electron chi connectivity index (χ4n) is 0.306. The van der Waals surface area contributed by atoms with E-state index >= 15 is 0 Å². The van der Waals surface area contributed by atoms with Gasteiger partial charge in [-0.3, -0.25) is 0 Å². The fourth-order valence-corrected chi connectivity index (χ4v) is 0.442. The summed E-state index contributed by atoms with van der Waals surface area (Å²) in [5.41, 5.74) is -0.576. The SMILES string of the molecule is Cl.O=C1OCC(Cl)O1. The van der Waals surface area contributed by atoms with Gasteiger partial charge < -0.3 is 9.47 Å². The van der Waals surface area contributed by atoms with Crippen molar-refractivity contribution in [3.05, 3.63) is 0 Å². The number of alkyl halides is 1. The predicted octanol–water partition coefficient (Wildman–Crippen LogP) is 1.14. The zero-order chi connectivity index (χ0) is 5.28. The second kappa shape index (κ2) is 2.99. The highest BCUT2D eigenvalue weighted by Crippen LogP contribution is 2.08. The first kappa shape index (κ1) is 7.85. The van der Waals surface area contributed by atoms with Crippen molar-refractivity contribution in [3.63, 3.8) is 0 Å². The number of hydrogen-bond acceptors (Lipinski definition) is 3. The molecule has 0 radical (unpaired) electrons. The Morgan fingerprint density at radius 3 is 2.50 bits per heavy atom. The Kier molecular flexibility index (Phi) is 2.94. The number of halogens is 2. The third-order valence-corrected chi connectivity index (χ3v) is 0.771. The van der Waals surface area contributed by atoms with Crippen molar-refractivity contribution in [2.24, 2.45) is 0 Å². The topological polar surface area (TPSA) is 35.5 Å². The number of carbonyl (C=O) groups excluding carboxylic acids is 1. The van der Waals surface area contributed by atoms with E-state index in [9.17, 15) is 4.79 Å². The molecule has 0 aromatic rings. The molecular formula is C3H4Cl2O3. The van der Waals surface area contributed by atoms with Crippen LogP contribution in [0.3, 0.4) is 0 Å².